The summed E-state index contributed by atoms with van der Waals surface area (Å²) in [6.07, 6.45) is 0. The van der Waals surface area contributed by atoms with Crippen LogP contribution in [-0.2, 0) is 0 Å². The van der Waals surface area contributed by atoms with Crippen LogP contribution < -0.4 is 5.73 Å². The average molecular weight is 206 g/mol. The topological polar surface area (TPSA) is 56.3 Å². The highest BCUT2D eigenvalue weighted by Crippen LogP contribution is 2.54. The molecule has 4 nitrogen and oxygen atoms in total. The number of nitrogens with zero attached hydrogens (tertiary/aromatic N) is 3. The Balaban J connectivity index is 2.14. The van der Waals surface area contributed by atoms with E-state index in [4.69, 9.17) is 5.73 Å². The number of piperidine rings is 2. The van der Waals surface area contributed by atoms with Crippen molar-refractivity contribution in [3.63, 3.8) is 0 Å². The van der Waals surface area contributed by atoms with Crippen molar-refractivity contribution in [1.82, 2.24) is 9.80 Å². The maximum absolute atomic E-state index is 9.48. The fourth-order valence-electron chi connectivity index (χ4n) is 4.17. The zero-order chi connectivity index (χ0) is 10.9. The van der Waals surface area contributed by atoms with Gasteiger partial charge >= 0.3 is 0 Å². The maximum atomic E-state index is 9.48. The minimum absolute atomic E-state index is 0.0642. The van der Waals surface area contributed by atoms with Gasteiger partial charge in [-0.25, -0.2) is 0 Å². The molecule has 4 bridgehead atoms. The standard InChI is InChI=1S/C11H18N4/c1-9-4-14-6-10(2,11(9,13)3-12)7-15(5-9)8-14/h4-8,13H2,1-2H3. The van der Waals surface area contributed by atoms with Crippen LogP contribution in [0.15, 0.2) is 0 Å². The van der Waals surface area contributed by atoms with E-state index in [0.29, 0.717) is 0 Å². The largest absolute Gasteiger partial charge is 0.312 e. The molecule has 15 heavy (non-hydrogen) atoms. The lowest BCUT2D eigenvalue weighted by atomic mass is 9.52. The predicted octanol–water partition coefficient (Wildman–Crippen LogP) is -0.178. The monoisotopic (exact) mass is 206 g/mol. The first kappa shape index (κ1) is 9.59. The Morgan fingerprint density at radius 1 is 1.07 bits per heavy atom. The van der Waals surface area contributed by atoms with Gasteiger partial charge in [-0.05, 0) is 0 Å². The van der Waals surface area contributed by atoms with Crippen LogP contribution in [-0.4, -0.2) is 48.2 Å². The number of nitrogens with two attached hydrogens (primary N) is 1. The summed E-state index contributed by atoms with van der Waals surface area (Å²) in [6.45, 7) is 9.31. The van der Waals surface area contributed by atoms with Crippen LogP contribution in [0.3, 0.4) is 0 Å². The molecule has 0 aliphatic carbocycles. The zero-order valence-electron chi connectivity index (χ0n) is 9.45. The third-order valence-electron chi connectivity index (χ3n) is 4.77. The molecule has 0 radical (unpaired) electrons. The molecule has 0 aromatic carbocycles. The van der Waals surface area contributed by atoms with Crippen molar-refractivity contribution in [1.29, 1.82) is 5.26 Å². The molecule has 0 atom stereocenters. The molecule has 4 saturated heterocycles. The van der Waals surface area contributed by atoms with Crippen molar-refractivity contribution in [2.24, 2.45) is 16.6 Å². The molecule has 4 heteroatoms. The van der Waals surface area contributed by atoms with Crippen LogP contribution in [0.25, 0.3) is 0 Å². The molecular weight excluding hydrogens is 188 g/mol. The van der Waals surface area contributed by atoms with Crippen LogP contribution in [0.5, 0.6) is 0 Å². The van der Waals surface area contributed by atoms with E-state index in [1.807, 2.05) is 0 Å². The van der Waals surface area contributed by atoms with Gasteiger partial charge in [-0.15, -0.1) is 0 Å². The number of hydrogen-bond donors (Lipinski definition) is 1. The summed E-state index contributed by atoms with van der Waals surface area (Å²) >= 11 is 0. The van der Waals surface area contributed by atoms with E-state index < -0.39 is 5.54 Å². The minimum Gasteiger partial charge on any atom is -0.312 e. The third kappa shape index (κ3) is 0.878. The van der Waals surface area contributed by atoms with Gasteiger partial charge < -0.3 is 5.73 Å². The Morgan fingerprint density at radius 2 is 1.47 bits per heavy atom. The van der Waals surface area contributed by atoms with Crippen LogP contribution in [0.4, 0.5) is 0 Å². The average Bonchev–Trinajstić information content (AvgIpc) is 2.11. The van der Waals surface area contributed by atoms with Gasteiger partial charge in [-0.3, -0.25) is 9.80 Å². The Morgan fingerprint density at radius 3 is 1.80 bits per heavy atom. The van der Waals surface area contributed by atoms with Crippen molar-refractivity contribution in [3.05, 3.63) is 0 Å². The van der Waals surface area contributed by atoms with E-state index >= 15 is 0 Å². The molecule has 82 valence electrons. The highest BCUT2D eigenvalue weighted by atomic mass is 15.4. The highest BCUT2D eigenvalue weighted by molar-refractivity contribution is 5.29. The quantitative estimate of drug-likeness (QED) is 0.597. The normalized spacial score (nSPS) is 61.7. The molecule has 4 rings (SSSR count). The fourth-order valence-corrected chi connectivity index (χ4v) is 4.17. The lowest BCUT2D eigenvalue weighted by Gasteiger charge is -2.69. The van der Waals surface area contributed by atoms with E-state index in [0.717, 1.165) is 32.8 Å². The van der Waals surface area contributed by atoms with Gasteiger partial charge in [0.2, 0.25) is 0 Å². The molecule has 0 amide bonds. The third-order valence-corrected chi connectivity index (χ3v) is 4.77. The van der Waals surface area contributed by atoms with Crippen molar-refractivity contribution in [3.8, 4) is 6.07 Å². The molecule has 0 spiro atoms. The molecule has 4 aliphatic rings. The summed E-state index contributed by atoms with van der Waals surface area (Å²) in [5.74, 6) is 0. The second-order valence-electron chi connectivity index (χ2n) is 6.16. The van der Waals surface area contributed by atoms with Crippen LogP contribution in [0.1, 0.15) is 13.8 Å². The molecule has 0 aromatic heterocycles. The van der Waals surface area contributed by atoms with E-state index in [1.165, 1.54) is 0 Å². The summed E-state index contributed by atoms with van der Waals surface area (Å²) in [7, 11) is 0. The van der Waals surface area contributed by atoms with Gasteiger partial charge in [0.15, 0.2) is 0 Å². The van der Waals surface area contributed by atoms with Crippen LogP contribution in [0.2, 0.25) is 0 Å². The Labute approximate surface area is 90.6 Å². The lowest BCUT2D eigenvalue weighted by molar-refractivity contribution is -0.189. The van der Waals surface area contributed by atoms with E-state index in [9.17, 15) is 5.26 Å². The molecule has 4 heterocycles. The number of rotatable bonds is 0. The smallest absolute Gasteiger partial charge is 0.120 e. The molecule has 4 aliphatic heterocycles. The summed E-state index contributed by atoms with van der Waals surface area (Å²) < 4.78 is 0. The predicted molar refractivity (Wildman–Crippen MR) is 56.8 cm³/mol. The number of nitriles is 1. The van der Waals surface area contributed by atoms with Gasteiger partial charge in [0, 0.05) is 37.0 Å². The van der Waals surface area contributed by atoms with Crippen molar-refractivity contribution in [2.45, 2.75) is 19.4 Å². The summed E-state index contributed by atoms with van der Waals surface area (Å²) in [5.41, 5.74) is 5.66. The van der Waals surface area contributed by atoms with Gasteiger partial charge in [-0.1, -0.05) is 13.8 Å². The van der Waals surface area contributed by atoms with Crippen molar-refractivity contribution < 1.29 is 0 Å². The minimum atomic E-state index is -0.659. The maximum Gasteiger partial charge on any atom is 0.120 e. The van der Waals surface area contributed by atoms with Gasteiger partial charge in [0.05, 0.1) is 12.7 Å². The lowest BCUT2D eigenvalue weighted by Crippen LogP contribution is -2.84. The Hall–Kier alpha value is -0.630. The van der Waals surface area contributed by atoms with Crippen LogP contribution in [0, 0.1) is 22.2 Å². The van der Waals surface area contributed by atoms with Crippen molar-refractivity contribution >= 4 is 0 Å². The zero-order valence-corrected chi connectivity index (χ0v) is 9.45. The number of hydrogen-bond acceptors (Lipinski definition) is 4. The van der Waals surface area contributed by atoms with E-state index in [1.54, 1.807) is 0 Å². The molecule has 0 aromatic rings. The summed E-state index contributed by atoms with van der Waals surface area (Å²) in [5, 5.41) is 9.48. The SMILES string of the molecule is CC12CN3CN(C1)CC(C)(C3)C2(N)C#N. The molecule has 0 unspecified atom stereocenters. The second kappa shape index (κ2) is 2.37. The van der Waals surface area contributed by atoms with Crippen LogP contribution >= 0.6 is 0 Å². The first-order valence-electron chi connectivity index (χ1n) is 5.57. The fraction of sp³-hybridized carbons (Fsp3) is 0.909. The molecule has 0 saturated carbocycles. The molecular formula is C11H18N4. The molecule has 4 fully saturated rings. The Bertz CT molecular complexity index is 320. The second-order valence-corrected chi connectivity index (χ2v) is 6.16. The van der Waals surface area contributed by atoms with Gasteiger partial charge in [-0.2, -0.15) is 5.26 Å². The van der Waals surface area contributed by atoms with E-state index in [-0.39, 0.29) is 10.8 Å². The van der Waals surface area contributed by atoms with Gasteiger partial charge in [0.1, 0.15) is 5.54 Å². The highest BCUT2D eigenvalue weighted by Gasteiger charge is 2.67. The summed E-state index contributed by atoms with van der Waals surface area (Å²) in [4.78, 5) is 4.88. The first-order valence-corrected chi connectivity index (χ1v) is 5.57. The molecule has 2 N–H and O–H groups in total. The Kier molecular flexibility index (Phi) is 1.52. The van der Waals surface area contributed by atoms with E-state index in [2.05, 4.69) is 29.7 Å². The first-order chi connectivity index (χ1) is 6.92. The van der Waals surface area contributed by atoms with Gasteiger partial charge in [0.25, 0.3) is 0 Å². The summed E-state index contributed by atoms with van der Waals surface area (Å²) in [6, 6.07) is 2.43. The van der Waals surface area contributed by atoms with Crippen molar-refractivity contribution in [2.75, 3.05) is 32.8 Å².